The lowest BCUT2D eigenvalue weighted by Crippen LogP contribution is -2.10. The number of hydrogen-bond acceptors (Lipinski definition) is 1. The van der Waals surface area contributed by atoms with Gasteiger partial charge in [0.25, 0.3) is 0 Å². The third kappa shape index (κ3) is 7.90. The van der Waals surface area contributed by atoms with Crippen LogP contribution in [0.2, 0.25) is 0 Å². The summed E-state index contributed by atoms with van der Waals surface area (Å²) in [4.78, 5) is 2.40. The van der Waals surface area contributed by atoms with Crippen molar-refractivity contribution in [2.75, 3.05) is 4.90 Å². The van der Waals surface area contributed by atoms with Gasteiger partial charge < -0.3 is 4.90 Å². The molecular formula is C70H47N. The van der Waals surface area contributed by atoms with Crippen LogP contribution in [0.25, 0.3) is 110 Å². The van der Waals surface area contributed by atoms with Crippen LogP contribution in [0.4, 0.5) is 17.1 Å². The van der Waals surface area contributed by atoms with Crippen molar-refractivity contribution >= 4 is 60.2 Å². The molecule has 13 rings (SSSR count). The highest BCUT2D eigenvalue weighted by molar-refractivity contribution is 6.22. The van der Waals surface area contributed by atoms with Crippen molar-refractivity contribution in [2.45, 2.75) is 0 Å². The van der Waals surface area contributed by atoms with Crippen molar-refractivity contribution in [3.63, 3.8) is 0 Å². The van der Waals surface area contributed by atoms with Gasteiger partial charge in [-0.1, -0.05) is 231 Å². The number of anilines is 3. The van der Waals surface area contributed by atoms with Crippen molar-refractivity contribution in [1.29, 1.82) is 0 Å². The lowest BCUT2D eigenvalue weighted by atomic mass is 9.84. The second-order valence-electron chi connectivity index (χ2n) is 18.5. The second-order valence-corrected chi connectivity index (χ2v) is 18.5. The van der Waals surface area contributed by atoms with E-state index in [1.165, 1.54) is 98.7 Å². The maximum absolute atomic E-state index is 2.42. The fraction of sp³-hybridized carbons (Fsp3) is 0. The Balaban J connectivity index is 0.927. The van der Waals surface area contributed by atoms with Gasteiger partial charge in [-0.15, -0.1) is 0 Å². The first-order valence-electron chi connectivity index (χ1n) is 24.5. The van der Waals surface area contributed by atoms with Gasteiger partial charge in [-0.3, -0.25) is 0 Å². The summed E-state index contributed by atoms with van der Waals surface area (Å²) in [5.41, 5.74) is 17.6. The third-order valence-electron chi connectivity index (χ3n) is 14.2. The predicted octanol–water partition coefficient (Wildman–Crippen LogP) is 19.8. The van der Waals surface area contributed by atoms with Gasteiger partial charge in [0.05, 0.1) is 0 Å². The van der Waals surface area contributed by atoms with E-state index in [2.05, 4.69) is 290 Å². The summed E-state index contributed by atoms with van der Waals surface area (Å²) < 4.78 is 0. The minimum Gasteiger partial charge on any atom is -0.310 e. The highest BCUT2D eigenvalue weighted by Gasteiger charge is 2.20. The number of fused-ring (bicyclic) bond motifs is 5. The molecule has 0 spiro atoms. The Kier molecular flexibility index (Phi) is 10.6. The number of benzene rings is 13. The molecule has 0 amide bonds. The highest BCUT2D eigenvalue weighted by Crippen LogP contribution is 2.46. The van der Waals surface area contributed by atoms with Gasteiger partial charge in [0.15, 0.2) is 0 Å². The minimum absolute atomic E-state index is 1.08. The Labute approximate surface area is 414 Å². The van der Waals surface area contributed by atoms with Crippen LogP contribution in [0.1, 0.15) is 0 Å². The van der Waals surface area contributed by atoms with E-state index in [0.717, 1.165) is 28.2 Å². The summed E-state index contributed by atoms with van der Waals surface area (Å²) >= 11 is 0. The van der Waals surface area contributed by atoms with E-state index in [1.807, 2.05) is 0 Å². The standard InChI is InChI=1S/C70H47N/c1-3-17-53(18-4-1)69-67-28-12-11-27-65(67)66-42-39-61(47-68(66)70(69)54-19-5-2-6-20-54)58-24-14-26-64(46-58)71(63-25-13-23-57(45-63)60-36-34-49-16-8-10-22-56(49)44-60)62-40-37-51(38-41-62)50-29-31-52(32-30-50)59-35-33-48-15-7-9-21-55(48)43-59/h1-47H. The Bertz CT molecular complexity index is 4080. The first kappa shape index (κ1) is 41.9. The van der Waals surface area contributed by atoms with Crippen LogP contribution < -0.4 is 4.90 Å². The molecule has 0 N–H and O–H groups in total. The minimum atomic E-state index is 1.08. The van der Waals surface area contributed by atoms with Gasteiger partial charge >= 0.3 is 0 Å². The van der Waals surface area contributed by atoms with E-state index < -0.39 is 0 Å². The zero-order valence-electron chi connectivity index (χ0n) is 39.1. The van der Waals surface area contributed by atoms with Crippen LogP contribution >= 0.6 is 0 Å². The zero-order chi connectivity index (χ0) is 47.1. The molecule has 0 aliphatic carbocycles. The molecule has 0 fully saturated rings. The largest absolute Gasteiger partial charge is 0.310 e. The van der Waals surface area contributed by atoms with E-state index in [0.29, 0.717) is 0 Å². The van der Waals surface area contributed by atoms with E-state index in [1.54, 1.807) is 0 Å². The van der Waals surface area contributed by atoms with E-state index in [-0.39, 0.29) is 0 Å². The predicted molar refractivity (Wildman–Crippen MR) is 304 cm³/mol. The Morgan fingerprint density at radius 1 is 0.169 bits per heavy atom. The van der Waals surface area contributed by atoms with E-state index in [9.17, 15) is 0 Å². The van der Waals surface area contributed by atoms with Gasteiger partial charge in [-0.25, -0.2) is 0 Å². The van der Waals surface area contributed by atoms with Crippen molar-refractivity contribution in [1.82, 2.24) is 0 Å². The lowest BCUT2D eigenvalue weighted by Gasteiger charge is -2.27. The molecule has 71 heavy (non-hydrogen) atoms. The Hall–Kier alpha value is -9.30. The summed E-state index contributed by atoms with van der Waals surface area (Å²) in [7, 11) is 0. The summed E-state index contributed by atoms with van der Waals surface area (Å²) in [6, 6.07) is 104. The van der Waals surface area contributed by atoms with Gasteiger partial charge in [0.1, 0.15) is 0 Å². The molecule has 0 aliphatic heterocycles. The van der Waals surface area contributed by atoms with Crippen molar-refractivity contribution in [3.8, 4) is 66.8 Å². The van der Waals surface area contributed by atoms with Gasteiger partial charge in [0.2, 0.25) is 0 Å². The average Bonchev–Trinajstić information content (AvgIpc) is 3.45. The average molecular weight is 902 g/mol. The molecule has 0 aliphatic rings. The molecule has 0 unspecified atom stereocenters. The number of nitrogens with zero attached hydrogens (tertiary/aromatic N) is 1. The quantitative estimate of drug-likeness (QED) is 0.131. The number of rotatable bonds is 9. The van der Waals surface area contributed by atoms with Crippen LogP contribution in [-0.4, -0.2) is 0 Å². The molecule has 0 atom stereocenters. The monoisotopic (exact) mass is 901 g/mol. The van der Waals surface area contributed by atoms with E-state index in [4.69, 9.17) is 0 Å². The molecule has 0 bridgehead atoms. The fourth-order valence-electron chi connectivity index (χ4n) is 10.7. The highest BCUT2D eigenvalue weighted by atomic mass is 15.1. The first-order valence-corrected chi connectivity index (χ1v) is 24.5. The second kappa shape index (κ2) is 18.0. The third-order valence-corrected chi connectivity index (χ3v) is 14.2. The smallest absolute Gasteiger partial charge is 0.0467 e. The molecule has 0 radical (unpaired) electrons. The van der Waals surface area contributed by atoms with Gasteiger partial charge in [0, 0.05) is 17.1 Å². The maximum atomic E-state index is 2.42. The molecule has 0 heterocycles. The molecular weight excluding hydrogens is 855 g/mol. The molecule has 0 saturated carbocycles. The Morgan fingerprint density at radius 3 is 1.10 bits per heavy atom. The van der Waals surface area contributed by atoms with Crippen LogP contribution in [-0.2, 0) is 0 Å². The number of hydrogen-bond donors (Lipinski definition) is 0. The van der Waals surface area contributed by atoms with Crippen LogP contribution in [0, 0.1) is 0 Å². The van der Waals surface area contributed by atoms with Crippen molar-refractivity contribution < 1.29 is 0 Å². The molecule has 0 aromatic heterocycles. The van der Waals surface area contributed by atoms with Crippen LogP contribution in [0.5, 0.6) is 0 Å². The molecule has 1 heteroatoms. The summed E-state index contributed by atoms with van der Waals surface area (Å²) in [5, 5.41) is 9.97. The zero-order valence-corrected chi connectivity index (χ0v) is 39.1. The molecule has 332 valence electrons. The fourth-order valence-corrected chi connectivity index (χ4v) is 10.7. The first-order chi connectivity index (χ1) is 35.2. The normalized spacial score (nSPS) is 11.4. The Morgan fingerprint density at radius 2 is 0.535 bits per heavy atom. The summed E-state index contributed by atoms with van der Waals surface area (Å²) in [6.07, 6.45) is 0. The van der Waals surface area contributed by atoms with Gasteiger partial charge in [-0.05, 0) is 164 Å². The van der Waals surface area contributed by atoms with Gasteiger partial charge in [-0.2, -0.15) is 0 Å². The van der Waals surface area contributed by atoms with E-state index >= 15 is 0 Å². The summed E-state index contributed by atoms with van der Waals surface area (Å²) in [5.74, 6) is 0. The topological polar surface area (TPSA) is 3.24 Å². The maximum Gasteiger partial charge on any atom is 0.0467 e. The molecule has 1 nitrogen and oxygen atoms in total. The molecule has 0 saturated heterocycles. The van der Waals surface area contributed by atoms with Crippen molar-refractivity contribution in [3.05, 3.63) is 285 Å². The van der Waals surface area contributed by atoms with Crippen molar-refractivity contribution in [2.24, 2.45) is 0 Å². The summed E-state index contributed by atoms with van der Waals surface area (Å²) in [6.45, 7) is 0. The van der Waals surface area contributed by atoms with Crippen LogP contribution in [0.3, 0.4) is 0 Å². The lowest BCUT2D eigenvalue weighted by molar-refractivity contribution is 1.28. The molecule has 13 aromatic rings. The SMILES string of the molecule is c1ccc(-c2c(-c3ccccc3)c3cc(-c4cccc(N(c5ccc(-c6ccc(-c7ccc8ccccc8c7)cc6)cc5)c5cccc(-c6ccc7ccccc7c6)c5)c4)ccc3c3ccccc23)cc1. The van der Waals surface area contributed by atoms with Crippen LogP contribution in [0.15, 0.2) is 285 Å². The molecule has 13 aromatic carbocycles.